The molecule has 5 nitrogen and oxygen atoms in total. The van der Waals surface area contributed by atoms with Crippen molar-refractivity contribution in [2.24, 2.45) is 11.7 Å². The Morgan fingerprint density at radius 3 is 2.58 bits per heavy atom. The predicted molar refractivity (Wildman–Crippen MR) is 77.0 cm³/mol. The number of rotatable bonds is 4. The van der Waals surface area contributed by atoms with E-state index in [-0.39, 0.29) is 11.6 Å². The van der Waals surface area contributed by atoms with Crippen molar-refractivity contribution in [3.05, 3.63) is 0 Å². The summed E-state index contributed by atoms with van der Waals surface area (Å²) in [4.78, 5) is 18.7. The second-order valence-corrected chi connectivity index (χ2v) is 7.15. The molecule has 0 radical (unpaired) electrons. The van der Waals surface area contributed by atoms with Gasteiger partial charge in [0.15, 0.2) is 0 Å². The Balaban J connectivity index is 1.93. The summed E-state index contributed by atoms with van der Waals surface area (Å²) in [6.45, 7) is 13.8. The first-order valence-electron chi connectivity index (χ1n) is 7.33. The summed E-state index contributed by atoms with van der Waals surface area (Å²) in [5.41, 5.74) is 5.93. The van der Waals surface area contributed by atoms with Crippen molar-refractivity contribution >= 4 is 6.03 Å². The Morgan fingerprint density at radius 1 is 1.32 bits per heavy atom. The number of carbonyl (C=O) groups excluding carboxylic acids is 1. The van der Waals surface area contributed by atoms with Crippen LogP contribution in [-0.2, 0) is 0 Å². The summed E-state index contributed by atoms with van der Waals surface area (Å²) in [6.07, 6.45) is 0. The SMILES string of the molecule is CC(C)CN1CC2CN(CC(C)(C)N)CCN2C1=O. The number of fused-ring (bicyclic) bond motifs is 1. The van der Waals surface area contributed by atoms with Crippen LogP contribution in [0.25, 0.3) is 0 Å². The van der Waals surface area contributed by atoms with Crippen molar-refractivity contribution < 1.29 is 4.79 Å². The minimum atomic E-state index is -0.164. The molecule has 2 aliphatic heterocycles. The average Bonchev–Trinajstić information content (AvgIpc) is 2.52. The Labute approximate surface area is 116 Å². The van der Waals surface area contributed by atoms with Crippen LogP contribution in [0.4, 0.5) is 4.79 Å². The first-order valence-corrected chi connectivity index (χ1v) is 7.33. The van der Waals surface area contributed by atoms with Crippen LogP contribution in [0.15, 0.2) is 0 Å². The number of nitrogens with zero attached hydrogens (tertiary/aromatic N) is 3. The highest BCUT2D eigenvalue weighted by Crippen LogP contribution is 2.22. The molecule has 0 spiro atoms. The van der Waals surface area contributed by atoms with Crippen LogP contribution in [-0.4, -0.2) is 71.6 Å². The number of urea groups is 1. The molecule has 0 aliphatic carbocycles. The molecule has 0 aromatic carbocycles. The maximum Gasteiger partial charge on any atom is 0.320 e. The molecule has 2 rings (SSSR count). The third kappa shape index (κ3) is 3.60. The molecule has 0 saturated carbocycles. The number of piperazine rings is 1. The maximum absolute atomic E-state index is 12.3. The largest absolute Gasteiger partial charge is 0.324 e. The Hall–Kier alpha value is -0.810. The molecule has 2 amide bonds. The number of hydrogen-bond acceptors (Lipinski definition) is 3. The van der Waals surface area contributed by atoms with Gasteiger partial charge in [0.1, 0.15) is 0 Å². The Morgan fingerprint density at radius 2 is 2.00 bits per heavy atom. The van der Waals surface area contributed by atoms with Gasteiger partial charge in [0.05, 0.1) is 6.04 Å². The lowest BCUT2D eigenvalue weighted by Gasteiger charge is -2.39. The quantitative estimate of drug-likeness (QED) is 0.820. The average molecular weight is 268 g/mol. The van der Waals surface area contributed by atoms with E-state index in [0.717, 1.165) is 39.3 Å². The van der Waals surface area contributed by atoms with Gasteiger partial charge in [-0.25, -0.2) is 4.79 Å². The number of nitrogens with two attached hydrogens (primary N) is 1. The molecular formula is C14H28N4O. The van der Waals surface area contributed by atoms with Crippen molar-refractivity contribution in [1.82, 2.24) is 14.7 Å². The normalized spacial score (nSPS) is 25.4. The molecule has 0 bridgehead atoms. The van der Waals surface area contributed by atoms with Gasteiger partial charge in [-0.1, -0.05) is 13.8 Å². The Kier molecular flexibility index (Phi) is 4.06. The summed E-state index contributed by atoms with van der Waals surface area (Å²) < 4.78 is 0. The van der Waals surface area contributed by atoms with Crippen molar-refractivity contribution in [2.45, 2.75) is 39.3 Å². The predicted octanol–water partition coefficient (Wildman–Crippen LogP) is 0.802. The van der Waals surface area contributed by atoms with E-state index in [4.69, 9.17) is 5.73 Å². The molecule has 2 aliphatic rings. The molecule has 0 aromatic heterocycles. The van der Waals surface area contributed by atoms with Crippen molar-refractivity contribution in [3.63, 3.8) is 0 Å². The zero-order valence-corrected chi connectivity index (χ0v) is 12.7. The maximum atomic E-state index is 12.3. The van der Waals surface area contributed by atoms with E-state index in [0.29, 0.717) is 12.0 Å². The summed E-state index contributed by atoms with van der Waals surface area (Å²) in [7, 11) is 0. The monoisotopic (exact) mass is 268 g/mol. The van der Waals surface area contributed by atoms with E-state index in [9.17, 15) is 4.79 Å². The first kappa shape index (κ1) is 14.6. The smallest absolute Gasteiger partial charge is 0.320 e. The lowest BCUT2D eigenvalue weighted by atomic mass is 10.1. The molecule has 2 heterocycles. The summed E-state index contributed by atoms with van der Waals surface area (Å²) >= 11 is 0. The van der Waals surface area contributed by atoms with Crippen LogP contribution < -0.4 is 5.73 Å². The van der Waals surface area contributed by atoms with Crippen molar-refractivity contribution in [1.29, 1.82) is 0 Å². The zero-order chi connectivity index (χ0) is 14.2. The fourth-order valence-electron chi connectivity index (χ4n) is 3.16. The summed E-state index contributed by atoms with van der Waals surface area (Å²) in [6, 6.07) is 0.577. The van der Waals surface area contributed by atoms with Crippen LogP contribution in [0.5, 0.6) is 0 Å². The van der Waals surface area contributed by atoms with Gasteiger partial charge in [0, 0.05) is 44.8 Å². The van der Waals surface area contributed by atoms with E-state index in [2.05, 4.69) is 32.6 Å². The van der Waals surface area contributed by atoms with Crippen LogP contribution >= 0.6 is 0 Å². The minimum Gasteiger partial charge on any atom is -0.324 e. The molecule has 2 saturated heterocycles. The standard InChI is InChI=1S/C14H28N4O/c1-11(2)7-17-9-12-8-16(10-14(3,4)15)5-6-18(12)13(17)19/h11-12H,5-10,15H2,1-4H3. The van der Waals surface area contributed by atoms with Crippen LogP contribution in [0.1, 0.15) is 27.7 Å². The van der Waals surface area contributed by atoms with E-state index >= 15 is 0 Å². The molecule has 19 heavy (non-hydrogen) atoms. The first-order chi connectivity index (χ1) is 8.76. The second kappa shape index (κ2) is 5.29. The molecular weight excluding hydrogens is 240 g/mol. The molecule has 1 unspecified atom stereocenters. The highest BCUT2D eigenvalue weighted by Gasteiger charge is 2.40. The number of amides is 2. The number of hydrogen-bond donors (Lipinski definition) is 1. The van der Waals surface area contributed by atoms with Gasteiger partial charge >= 0.3 is 6.03 Å². The lowest BCUT2D eigenvalue weighted by molar-refractivity contribution is 0.107. The third-order valence-electron chi connectivity index (χ3n) is 3.73. The molecule has 5 heteroatoms. The van der Waals surface area contributed by atoms with Crippen LogP contribution in [0.2, 0.25) is 0 Å². The molecule has 0 aromatic rings. The van der Waals surface area contributed by atoms with Crippen molar-refractivity contribution in [3.8, 4) is 0 Å². The molecule has 110 valence electrons. The van der Waals surface area contributed by atoms with E-state index in [1.165, 1.54) is 0 Å². The van der Waals surface area contributed by atoms with Crippen molar-refractivity contribution in [2.75, 3.05) is 39.3 Å². The summed E-state index contributed by atoms with van der Waals surface area (Å²) in [5, 5.41) is 0. The minimum absolute atomic E-state index is 0.164. The van der Waals surface area contributed by atoms with E-state index in [1.54, 1.807) is 0 Å². The third-order valence-corrected chi connectivity index (χ3v) is 3.73. The van der Waals surface area contributed by atoms with Gasteiger partial charge in [-0.05, 0) is 19.8 Å². The zero-order valence-electron chi connectivity index (χ0n) is 12.7. The lowest BCUT2D eigenvalue weighted by Crippen LogP contribution is -2.56. The second-order valence-electron chi connectivity index (χ2n) is 7.15. The molecule has 2 N–H and O–H groups in total. The highest BCUT2D eigenvalue weighted by atomic mass is 16.2. The van der Waals surface area contributed by atoms with Gasteiger partial charge in [0.25, 0.3) is 0 Å². The van der Waals surface area contributed by atoms with Crippen LogP contribution in [0, 0.1) is 5.92 Å². The van der Waals surface area contributed by atoms with Gasteiger partial charge < -0.3 is 15.5 Å². The van der Waals surface area contributed by atoms with E-state index < -0.39 is 0 Å². The fourth-order valence-corrected chi connectivity index (χ4v) is 3.16. The molecule has 1 atom stereocenters. The Bertz CT molecular complexity index is 337. The van der Waals surface area contributed by atoms with Gasteiger partial charge in [-0.2, -0.15) is 0 Å². The van der Waals surface area contributed by atoms with Gasteiger partial charge in [-0.15, -0.1) is 0 Å². The van der Waals surface area contributed by atoms with E-state index in [1.807, 2.05) is 9.80 Å². The summed E-state index contributed by atoms with van der Waals surface area (Å²) in [5.74, 6) is 0.532. The fraction of sp³-hybridized carbons (Fsp3) is 0.929. The topological polar surface area (TPSA) is 52.8 Å². The van der Waals surface area contributed by atoms with Gasteiger partial charge in [0.2, 0.25) is 0 Å². The molecule has 2 fully saturated rings. The number of carbonyl (C=O) groups is 1. The van der Waals surface area contributed by atoms with Gasteiger partial charge in [-0.3, -0.25) is 4.90 Å². The van der Waals surface area contributed by atoms with Crippen LogP contribution in [0.3, 0.4) is 0 Å². The highest BCUT2D eigenvalue weighted by molar-refractivity contribution is 5.77.